The summed E-state index contributed by atoms with van der Waals surface area (Å²) in [4.78, 5) is 37.4. The molecule has 2 aromatic carbocycles. The summed E-state index contributed by atoms with van der Waals surface area (Å²) in [6.45, 7) is 9.56. The van der Waals surface area contributed by atoms with E-state index in [4.69, 9.17) is 9.72 Å². The minimum absolute atomic E-state index is 0.0632. The van der Waals surface area contributed by atoms with Gasteiger partial charge in [0.05, 0.1) is 41.3 Å². The number of amides is 1. The van der Waals surface area contributed by atoms with Gasteiger partial charge in [-0.05, 0) is 93.5 Å². The fraction of sp³-hybridized carbons (Fsp3) is 0.447. The number of anilines is 2. The second-order valence-corrected chi connectivity index (χ2v) is 16.0. The lowest BCUT2D eigenvalue weighted by Crippen LogP contribution is -2.51. The normalized spacial score (nSPS) is 21.5. The Bertz CT molecular complexity index is 1980. The van der Waals surface area contributed by atoms with Crippen molar-refractivity contribution in [3.8, 4) is 17.1 Å². The fourth-order valence-electron chi connectivity index (χ4n) is 7.49. The second-order valence-electron chi connectivity index (χ2n) is 14.3. The number of carbonyl (C=O) groups is 1. The van der Waals surface area contributed by atoms with Gasteiger partial charge >= 0.3 is 0 Å². The number of aromatic nitrogens is 4. The second kappa shape index (κ2) is 14.0. The molecule has 0 radical (unpaired) electrons. The summed E-state index contributed by atoms with van der Waals surface area (Å²) in [5.41, 5.74) is 4.31. The zero-order chi connectivity index (χ0) is 35.0. The molecule has 1 amide bonds. The minimum Gasteiger partial charge on any atom is -0.475 e. The third kappa shape index (κ3) is 7.03. The van der Waals surface area contributed by atoms with Crippen molar-refractivity contribution in [3.05, 3.63) is 83.3 Å². The van der Waals surface area contributed by atoms with Crippen LogP contribution in [0, 0.1) is 25.7 Å². The maximum atomic E-state index is 14.5. The molecule has 4 bridgehead atoms. The van der Waals surface area contributed by atoms with E-state index >= 15 is 0 Å². The first-order valence-corrected chi connectivity index (χ1v) is 19.1. The highest BCUT2D eigenvalue weighted by Crippen LogP contribution is 2.40. The number of sulfonamides is 1. The summed E-state index contributed by atoms with van der Waals surface area (Å²) in [6.07, 6.45) is 9.88. The number of carbonyl (C=O) groups excluding carboxylic acids is 1. The number of ether oxygens (including phenoxy) is 1. The number of fused-ring (bicyclic) bond motifs is 5. The maximum Gasteiger partial charge on any atom is 0.264 e. The predicted molar refractivity (Wildman–Crippen MR) is 193 cm³/mol. The Balaban J connectivity index is 1.30. The van der Waals surface area contributed by atoms with E-state index in [1.807, 2.05) is 38.2 Å². The van der Waals surface area contributed by atoms with Crippen molar-refractivity contribution in [2.45, 2.75) is 89.7 Å². The molecule has 4 aromatic rings. The summed E-state index contributed by atoms with van der Waals surface area (Å²) < 4.78 is 36.4. The van der Waals surface area contributed by atoms with E-state index in [1.54, 1.807) is 29.3 Å². The molecule has 0 unspecified atom stereocenters. The van der Waals surface area contributed by atoms with Gasteiger partial charge in [-0.3, -0.25) is 9.78 Å². The Morgan fingerprint density at radius 3 is 2.54 bits per heavy atom. The van der Waals surface area contributed by atoms with E-state index in [1.165, 1.54) is 31.4 Å². The van der Waals surface area contributed by atoms with E-state index in [0.717, 1.165) is 41.9 Å². The summed E-state index contributed by atoms with van der Waals surface area (Å²) in [6, 6.07) is 13.9. The lowest BCUT2D eigenvalue weighted by Gasteiger charge is -2.49. The van der Waals surface area contributed by atoms with Crippen LogP contribution < -0.4 is 14.4 Å². The molecular formula is C38H45N7O4S. The van der Waals surface area contributed by atoms with E-state index in [-0.39, 0.29) is 47.4 Å². The quantitative estimate of drug-likeness (QED) is 0.228. The summed E-state index contributed by atoms with van der Waals surface area (Å²) >= 11 is 0. The van der Waals surface area contributed by atoms with Crippen LogP contribution in [0.1, 0.15) is 79.6 Å². The Labute approximate surface area is 294 Å². The number of rotatable bonds is 7. The Morgan fingerprint density at radius 2 is 1.78 bits per heavy atom. The van der Waals surface area contributed by atoms with Crippen LogP contribution in [0.15, 0.2) is 65.8 Å². The number of nitrogens with one attached hydrogen (secondary N) is 1. The number of benzene rings is 2. The van der Waals surface area contributed by atoms with Gasteiger partial charge in [-0.2, -0.15) is 4.98 Å². The average Bonchev–Trinajstić information content (AvgIpc) is 3.07. The third-order valence-corrected chi connectivity index (χ3v) is 11.6. The molecule has 11 nitrogen and oxygen atoms in total. The van der Waals surface area contributed by atoms with Crippen LogP contribution in [0.3, 0.4) is 0 Å². The lowest BCUT2D eigenvalue weighted by atomic mass is 9.73. The van der Waals surface area contributed by atoms with Gasteiger partial charge in [-0.15, -0.1) is 0 Å². The SMILES string of the molecule is Cc1cccc(C)c1-c1cc2nc(n1)NS(=O)(=O)c1cccc(c1)C(=O)N(Cc1cncc(N3CCC[C@H]4CC[C@H]43)n1)[C@H](CCC(C)C)CO2. The molecule has 12 heteroatoms. The topological polar surface area (TPSA) is 131 Å². The summed E-state index contributed by atoms with van der Waals surface area (Å²) in [5, 5.41) is 0. The predicted octanol–water partition coefficient (Wildman–Crippen LogP) is 6.57. The van der Waals surface area contributed by atoms with Gasteiger partial charge in [0.1, 0.15) is 12.4 Å². The van der Waals surface area contributed by atoms with Crippen LogP contribution in [0.5, 0.6) is 5.88 Å². The fourth-order valence-corrected chi connectivity index (χ4v) is 8.48. The van der Waals surface area contributed by atoms with E-state index in [0.29, 0.717) is 35.7 Å². The van der Waals surface area contributed by atoms with Gasteiger partial charge in [-0.1, -0.05) is 38.1 Å². The average molecular weight is 696 g/mol. The monoisotopic (exact) mass is 695 g/mol. The lowest BCUT2D eigenvalue weighted by molar-refractivity contribution is 0.0560. The highest BCUT2D eigenvalue weighted by atomic mass is 32.2. The molecule has 1 saturated carbocycles. The molecule has 1 saturated heterocycles. The molecule has 7 rings (SSSR count). The number of nitrogens with zero attached hydrogens (tertiary/aromatic N) is 6. The van der Waals surface area contributed by atoms with E-state index in [9.17, 15) is 13.2 Å². The number of piperidine rings is 1. The molecule has 3 aliphatic rings. The zero-order valence-corrected chi connectivity index (χ0v) is 30.0. The summed E-state index contributed by atoms with van der Waals surface area (Å²) in [5.74, 6) is 1.74. The molecule has 2 fully saturated rings. The van der Waals surface area contributed by atoms with Crippen molar-refractivity contribution in [2.75, 3.05) is 22.8 Å². The molecule has 0 spiro atoms. The molecule has 50 heavy (non-hydrogen) atoms. The van der Waals surface area contributed by atoms with E-state index < -0.39 is 10.0 Å². The molecule has 4 heterocycles. The Hall–Kier alpha value is -4.58. The minimum atomic E-state index is -4.16. The summed E-state index contributed by atoms with van der Waals surface area (Å²) in [7, 11) is -4.16. The van der Waals surface area contributed by atoms with Crippen molar-refractivity contribution in [1.29, 1.82) is 0 Å². The molecular weight excluding hydrogens is 651 g/mol. The molecule has 1 N–H and O–H groups in total. The highest BCUT2D eigenvalue weighted by molar-refractivity contribution is 7.92. The zero-order valence-electron chi connectivity index (χ0n) is 29.2. The molecule has 3 atom stereocenters. The van der Waals surface area contributed by atoms with Crippen LogP contribution in [0.4, 0.5) is 11.8 Å². The molecule has 2 aliphatic heterocycles. The van der Waals surface area contributed by atoms with Gasteiger partial charge in [0.25, 0.3) is 15.9 Å². The molecule has 1 aliphatic carbocycles. The van der Waals surface area contributed by atoms with Gasteiger partial charge in [0.2, 0.25) is 11.8 Å². The Kier molecular flexibility index (Phi) is 9.47. The van der Waals surface area contributed by atoms with Gasteiger partial charge in [-0.25, -0.2) is 23.1 Å². The third-order valence-electron chi connectivity index (χ3n) is 10.3. The maximum absolute atomic E-state index is 14.5. The van der Waals surface area contributed by atoms with Gasteiger partial charge in [0, 0.05) is 29.8 Å². The highest BCUT2D eigenvalue weighted by Gasteiger charge is 2.39. The van der Waals surface area contributed by atoms with Crippen molar-refractivity contribution < 1.29 is 17.9 Å². The number of hydrogen-bond acceptors (Lipinski definition) is 9. The van der Waals surface area contributed by atoms with Crippen molar-refractivity contribution >= 4 is 27.7 Å². The van der Waals surface area contributed by atoms with Gasteiger partial charge in [0.15, 0.2) is 0 Å². The van der Waals surface area contributed by atoms with Crippen LogP contribution in [0.25, 0.3) is 11.3 Å². The van der Waals surface area contributed by atoms with E-state index in [2.05, 4.69) is 38.4 Å². The Morgan fingerprint density at radius 1 is 0.980 bits per heavy atom. The molecule has 262 valence electrons. The van der Waals surface area contributed by atoms with Crippen LogP contribution in [0.2, 0.25) is 0 Å². The van der Waals surface area contributed by atoms with Crippen LogP contribution in [-0.4, -0.2) is 64.4 Å². The number of aryl methyl sites for hydroxylation is 2. The van der Waals surface area contributed by atoms with Crippen molar-refractivity contribution in [2.24, 2.45) is 11.8 Å². The smallest absolute Gasteiger partial charge is 0.264 e. The number of hydrogen-bond donors (Lipinski definition) is 1. The first kappa shape index (κ1) is 33.9. The van der Waals surface area contributed by atoms with Gasteiger partial charge < -0.3 is 14.5 Å². The van der Waals surface area contributed by atoms with Crippen LogP contribution >= 0.6 is 0 Å². The largest absolute Gasteiger partial charge is 0.475 e. The first-order valence-electron chi connectivity index (χ1n) is 17.7. The van der Waals surface area contributed by atoms with Crippen molar-refractivity contribution in [1.82, 2.24) is 24.8 Å². The first-order chi connectivity index (χ1) is 24.1. The van der Waals surface area contributed by atoms with Crippen molar-refractivity contribution in [3.63, 3.8) is 0 Å². The standard InChI is InChI=1S/C38H45N7O4S/c1-24(2)13-15-30-23-49-35-19-32(36-25(3)8-5-9-26(36)4)41-38(42-35)43-50(47,48)31-12-6-10-28(18-31)37(46)45(30)22-29-20-39-21-34(40-29)44-17-7-11-27-14-16-33(27)44/h5-6,8-10,12,18-21,24,27,30,33H,7,11,13-17,22-23H2,1-4H3,(H,41,42,43)/t27-,30+,33+/m0/s1. The van der Waals surface area contributed by atoms with Crippen LogP contribution in [-0.2, 0) is 16.6 Å². The molecule has 2 aromatic heterocycles.